The zero-order chi connectivity index (χ0) is 15.3. The van der Waals surface area contributed by atoms with E-state index in [0.29, 0.717) is 5.52 Å². The molecule has 4 rings (SSSR count). The molecule has 1 aromatic heterocycles. The number of imidazole rings is 1. The number of rotatable bonds is 2. The van der Waals surface area contributed by atoms with Gasteiger partial charge in [-0.25, -0.2) is 4.98 Å². The van der Waals surface area contributed by atoms with E-state index in [1.54, 1.807) is 0 Å². The maximum absolute atomic E-state index is 10.7. The van der Waals surface area contributed by atoms with E-state index < -0.39 is 18.1 Å². The Labute approximate surface area is 126 Å². The standard InChI is InChI=1S/C16H16N2O4/c19-8-15-14(20)7-16(21,22-15)18-9-17-12-5-10-3-1-2-4-11(10)6-13(12)18/h1-6,9,14-15,19-21H,7-8H2/t14-,15+,16+/m0/s1. The fourth-order valence-electron chi connectivity index (χ4n) is 3.06. The van der Waals surface area contributed by atoms with Crippen LogP contribution in [0.2, 0.25) is 0 Å². The Balaban J connectivity index is 1.87. The molecule has 6 nitrogen and oxygen atoms in total. The van der Waals surface area contributed by atoms with E-state index in [1.807, 2.05) is 36.4 Å². The fourth-order valence-corrected chi connectivity index (χ4v) is 3.06. The molecule has 3 atom stereocenters. The van der Waals surface area contributed by atoms with Crippen LogP contribution in [0, 0.1) is 0 Å². The first-order chi connectivity index (χ1) is 10.6. The van der Waals surface area contributed by atoms with Gasteiger partial charge in [0.25, 0.3) is 5.91 Å². The second kappa shape index (κ2) is 4.76. The topological polar surface area (TPSA) is 87.7 Å². The monoisotopic (exact) mass is 300 g/mol. The van der Waals surface area contributed by atoms with E-state index in [0.717, 1.165) is 16.3 Å². The van der Waals surface area contributed by atoms with Gasteiger partial charge >= 0.3 is 0 Å². The van der Waals surface area contributed by atoms with Crippen molar-refractivity contribution in [2.24, 2.45) is 0 Å². The number of hydrogen-bond donors (Lipinski definition) is 3. The molecule has 1 aliphatic rings. The average Bonchev–Trinajstić information content (AvgIpc) is 3.06. The summed E-state index contributed by atoms with van der Waals surface area (Å²) in [5.41, 5.74) is 1.45. The predicted molar refractivity (Wildman–Crippen MR) is 80.0 cm³/mol. The first-order valence-electron chi connectivity index (χ1n) is 7.16. The number of ether oxygens (including phenoxy) is 1. The summed E-state index contributed by atoms with van der Waals surface area (Å²) in [7, 11) is 0. The molecule has 0 bridgehead atoms. The van der Waals surface area contributed by atoms with Crippen LogP contribution in [-0.2, 0) is 10.6 Å². The minimum absolute atomic E-state index is 0.0173. The molecule has 114 valence electrons. The third kappa shape index (κ3) is 1.93. The van der Waals surface area contributed by atoms with E-state index in [1.165, 1.54) is 10.9 Å². The molecule has 0 spiro atoms. The molecule has 3 aromatic rings. The van der Waals surface area contributed by atoms with Gasteiger partial charge in [-0.2, -0.15) is 0 Å². The van der Waals surface area contributed by atoms with Crippen LogP contribution < -0.4 is 0 Å². The van der Waals surface area contributed by atoms with Gasteiger partial charge in [0.15, 0.2) is 0 Å². The molecule has 1 aliphatic heterocycles. The minimum atomic E-state index is -1.70. The van der Waals surface area contributed by atoms with Crippen molar-refractivity contribution in [3.8, 4) is 0 Å². The van der Waals surface area contributed by atoms with Crippen LogP contribution in [0.3, 0.4) is 0 Å². The highest BCUT2D eigenvalue weighted by Gasteiger charge is 2.46. The third-order valence-corrected chi connectivity index (χ3v) is 4.22. The van der Waals surface area contributed by atoms with Crippen LogP contribution in [0.5, 0.6) is 0 Å². The van der Waals surface area contributed by atoms with Crippen LogP contribution in [0.25, 0.3) is 21.8 Å². The second-order valence-electron chi connectivity index (χ2n) is 5.66. The van der Waals surface area contributed by atoms with Gasteiger partial charge in [-0.1, -0.05) is 24.3 Å². The van der Waals surface area contributed by atoms with E-state index in [9.17, 15) is 15.3 Å². The lowest BCUT2D eigenvalue weighted by Gasteiger charge is -2.24. The quantitative estimate of drug-likeness (QED) is 0.655. The summed E-state index contributed by atoms with van der Waals surface area (Å²) in [5.74, 6) is -1.70. The van der Waals surface area contributed by atoms with Crippen LogP contribution in [0.4, 0.5) is 0 Å². The first kappa shape index (κ1) is 13.7. The van der Waals surface area contributed by atoms with E-state index in [-0.39, 0.29) is 13.0 Å². The van der Waals surface area contributed by atoms with Crippen LogP contribution in [-0.4, -0.2) is 43.7 Å². The number of aliphatic hydroxyl groups is 3. The number of benzene rings is 2. The Bertz CT molecular complexity index is 846. The molecule has 2 aromatic carbocycles. The molecule has 0 saturated carbocycles. The normalized spacial score (nSPS) is 28.7. The highest BCUT2D eigenvalue weighted by molar-refractivity contribution is 5.95. The van der Waals surface area contributed by atoms with Gasteiger partial charge < -0.3 is 20.1 Å². The molecule has 1 saturated heterocycles. The zero-order valence-electron chi connectivity index (χ0n) is 11.8. The highest BCUT2D eigenvalue weighted by Crippen LogP contribution is 2.35. The summed E-state index contributed by atoms with van der Waals surface area (Å²) in [5, 5.41) is 31.9. The van der Waals surface area contributed by atoms with Gasteiger partial charge in [-0.3, -0.25) is 4.57 Å². The summed E-state index contributed by atoms with van der Waals surface area (Å²) in [4.78, 5) is 4.31. The van der Waals surface area contributed by atoms with Crippen LogP contribution >= 0.6 is 0 Å². The Morgan fingerprint density at radius 2 is 2.00 bits per heavy atom. The number of aliphatic hydroxyl groups excluding tert-OH is 2. The summed E-state index contributed by atoms with van der Waals surface area (Å²) < 4.78 is 6.96. The van der Waals surface area contributed by atoms with Crippen molar-refractivity contribution in [1.82, 2.24) is 9.55 Å². The predicted octanol–water partition coefficient (Wildman–Crippen LogP) is 0.934. The average molecular weight is 300 g/mol. The molecule has 0 radical (unpaired) electrons. The maximum Gasteiger partial charge on any atom is 0.257 e. The second-order valence-corrected chi connectivity index (χ2v) is 5.66. The smallest absolute Gasteiger partial charge is 0.257 e. The largest absolute Gasteiger partial charge is 0.394 e. The molecule has 6 heteroatoms. The lowest BCUT2D eigenvalue weighted by Crippen LogP contribution is -2.33. The molecule has 3 N–H and O–H groups in total. The molecular formula is C16H16N2O4. The SMILES string of the molecule is OC[C@H]1O[C@@](O)(n2cnc3cc4ccccc4cc32)C[C@@H]1O. The summed E-state index contributed by atoms with van der Waals surface area (Å²) in [6.45, 7) is -0.348. The Kier molecular flexibility index (Phi) is 2.95. The van der Waals surface area contributed by atoms with Crippen molar-refractivity contribution < 1.29 is 20.1 Å². The van der Waals surface area contributed by atoms with Gasteiger partial charge in [0, 0.05) is 0 Å². The fraction of sp³-hybridized carbons (Fsp3) is 0.312. The van der Waals surface area contributed by atoms with Crippen molar-refractivity contribution in [2.45, 2.75) is 24.5 Å². The summed E-state index contributed by atoms with van der Waals surface area (Å²) >= 11 is 0. The summed E-state index contributed by atoms with van der Waals surface area (Å²) in [6, 6.07) is 11.8. The van der Waals surface area contributed by atoms with Crippen molar-refractivity contribution in [2.75, 3.05) is 6.61 Å². The first-order valence-corrected chi connectivity index (χ1v) is 7.16. The van der Waals surface area contributed by atoms with E-state index in [2.05, 4.69) is 4.98 Å². The van der Waals surface area contributed by atoms with E-state index >= 15 is 0 Å². The van der Waals surface area contributed by atoms with Crippen LogP contribution in [0.15, 0.2) is 42.7 Å². The minimum Gasteiger partial charge on any atom is -0.394 e. The maximum atomic E-state index is 10.7. The van der Waals surface area contributed by atoms with E-state index in [4.69, 9.17) is 4.74 Å². The lowest BCUT2D eigenvalue weighted by molar-refractivity contribution is -0.254. The number of nitrogens with zero attached hydrogens (tertiary/aromatic N) is 2. The molecular weight excluding hydrogens is 284 g/mol. The number of fused-ring (bicyclic) bond motifs is 2. The Hall–Kier alpha value is -1.99. The number of hydrogen-bond acceptors (Lipinski definition) is 5. The summed E-state index contributed by atoms with van der Waals surface area (Å²) in [6.07, 6.45) is -0.247. The van der Waals surface area contributed by atoms with Gasteiger partial charge in [0.05, 0.1) is 30.2 Å². The lowest BCUT2D eigenvalue weighted by atomic mass is 10.1. The Morgan fingerprint density at radius 1 is 1.27 bits per heavy atom. The van der Waals surface area contributed by atoms with Gasteiger partial charge in [0.1, 0.15) is 12.4 Å². The van der Waals surface area contributed by atoms with Gasteiger partial charge in [-0.05, 0) is 22.9 Å². The molecule has 0 amide bonds. The number of aromatic nitrogens is 2. The van der Waals surface area contributed by atoms with Gasteiger partial charge in [-0.15, -0.1) is 0 Å². The van der Waals surface area contributed by atoms with Gasteiger partial charge in [0.2, 0.25) is 0 Å². The molecule has 0 unspecified atom stereocenters. The third-order valence-electron chi connectivity index (χ3n) is 4.22. The molecule has 2 heterocycles. The molecule has 1 fully saturated rings. The highest BCUT2D eigenvalue weighted by atomic mass is 16.7. The van der Waals surface area contributed by atoms with Crippen molar-refractivity contribution in [3.63, 3.8) is 0 Å². The van der Waals surface area contributed by atoms with Crippen molar-refractivity contribution >= 4 is 21.8 Å². The van der Waals surface area contributed by atoms with Crippen LogP contribution in [0.1, 0.15) is 6.42 Å². The molecule has 22 heavy (non-hydrogen) atoms. The Morgan fingerprint density at radius 3 is 2.68 bits per heavy atom. The van der Waals surface area contributed by atoms with Crippen molar-refractivity contribution in [3.05, 3.63) is 42.7 Å². The zero-order valence-corrected chi connectivity index (χ0v) is 11.8. The molecule has 0 aliphatic carbocycles. The van der Waals surface area contributed by atoms with Crippen molar-refractivity contribution in [1.29, 1.82) is 0 Å².